The zero-order chi connectivity index (χ0) is 18.5. The van der Waals surface area contributed by atoms with Crippen LogP contribution in [-0.2, 0) is 22.4 Å². The monoisotopic (exact) mass is 351 g/mol. The van der Waals surface area contributed by atoms with E-state index < -0.39 is 18.0 Å². The summed E-state index contributed by atoms with van der Waals surface area (Å²) in [6.07, 6.45) is 1.18. The van der Waals surface area contributed by atoms with E-state index in [1.54, 1.807) is 6.07 Å². The fraction of sp³-hybridized carbons (Fsp3) is 0.250. The van der Waals surface area contributed by atoms with Gasteiger partial charge in [0.15, 0.2) is 0 Å². The average Bonchev–Trinajstić information content (AvgIpc) is 2.90. The number of carbonyl (C=O) groups is 3. The van der Waals surface area contributed by atoms with Crippen molar-refractivity contribution in [2.24, 2.45) is 0 Å². The van der Waals surface area contributed by atoms with Gasteiger partial charge in [0, 0.05) is 12.1 Å². The molecule has 0 spiro atoms. The maximum Gasteiger partial charge on any atom is 0.325 e. The fourth-order valence-corrected chi connectivity index (χ4v) is 3.00. The molecule has 3 rings (SSSR count). The number of imide groups is 1. The predicted octanol–water partition coefficient (Wildman–Crippen LogP) is 2.35. The fourth-order valence-electron chi connectivity index (χ4n) is 3.00. The summed E-state index contributed by atoms with van der Waals surface area (Å²) in [5.74, 6) is -0.771. The second-order valence-corrected chi connectivity index (χ2v) is 6.18. The molecule has 1 fully saturated rings. The van der Waals surface area contributed by atoms with E-state index in [1.807, 2.05) is 55.5 Å². The van der Waals surface area contributed by atoms with Gasteiger partial charge in [0.05, 0.1) is 0 Å². The Morgan fingerprint density at radius 3 is 2.50 bits per heavy atom. The Morgan fingerprint density at radius 1 is 1.08 bits per heavy atom. The number of nitrogens with one attached hydrogen (secondary N) is 2. The molecule has 1 aliphatic rings. The SMILES string of the molecule is CCc1ccccc1NC(=O)CN1C(=O)N[C@H](Cc2ccccc2)C1=O. The first-order valence-corrected chi connectivity index (χ1v) is 8.62. The number of amides is 4. The number of benzene rings is 2. The molecule has 1 atom stereocenters. The molecule has 0 bridgehead atoms. The summed E-state index contributed by atoms with van der Waals surface area (Å²) >= 11 is 0. The van der Waals surface area contributed by atoms with Crippen molar-refractivity contribution >= 4 is 23.5 Å². The van der Waals surface area contributed by atoms with E-state index in [2.05, 4.69) is 10.6 Å². The van der Waals surface area contributed by atoms with Gasteiger partial charge in [0.1, 0.15) is 12.6 Å². The predicted molar refractivity (Wildman–Crippen MR) is 98.6 cm³/mol. The summed E-state index contributed by atoms with van der Waals surface area (Å²) in [6.45, 7) is 1.70. The number of urea groups is 1. The van der Waals surface area contributed by atoms with Crippen LogP contribution in [0.5, 0.6) is 0 Å². The molecule has 134 valence electrons. The topological polar surface area (TPSA) is 78.5 Å². The molecule has 0 saturated carbocycles. The van der Waals surface area contributed by atoms with Gasteiger partial charge in [-0.1, -0.05) is 55.5 Å². The summed E-state index contributed by atoms with van der Waals surface area (Å²) in [4.78, 5) is 37.9. The lowest BCUT2D eigenvalue weighted by Crippen LogP contribution is -2.38. The van der Waals surface area contributed by atoms with Gasteiger partial charge < -0.3 is 10.6 Å². The highest BCUT2D eigenvalue weighted by Crippen LogP contribution is 2.16. The quantitative estimate of drug-likeness (QED) is 0.784. The number of aryl methyl sites for hydroxylation is 1. The van der Waals surface area contributed by atoms with Crippen molar-refractivity contribution in [2.45, 2.75) is 25.8 Å². The van der Waals surface area contributed by atoms with Gasteiger partial charge in [0.25, 0.3) is 5.91 Å². The third kappa shape index (κ3) is 3.91. The Morgan fingerprint density at radius 2 is 1.77 bits per heavy atom. The molecule has 26 heavy (non-hydrogen) atoms. The van der Waals surface area contributed by atoms with Crippen molar-refractivity contribution in [1.82, 2.24) is 10.2 Å². The number of hydrogen-bond donors (Lipinski definition) is 2. The van der Waals surface area contributed by atoms with Crippen LogP contribution in [0.4, 0.5) is 10.5 Å². The van der Waals surface area contributed by atoms with Crippen LogP contribution in [0.2, 0.25) is 0 Å². The third-order valence-corrected chi connectivity index (χ3v) is 4.36. The van der Waals surface area contributed by atoms with Crippen LogP contribution in [0.3, 0.4) is 0 Å². The Kier molecular flexibility index (Phi) is 5.31. The van der Waals surface area contributed by atoms with Gasteiger partial charge in [-0.3, -0.25) is 14.5 Å². The van der Waals surface area contributed by atoms with Crippen LogP contribution in [0.1, 0.15) is 18.1 Å². The molecule has 2 aromatic rings. The summed E-state index contributed by atoms with van der Waals surface area (Å²) in [5.41, 5.74) is 2.65. The van der Waals surface area contributed by atoms with Crippen molar-refractivity contribution in [1.29, 1.82) is 0 Å². The minimum absolute atomic E-state index is 0.298. The van der Waals surface area contributed by atoms with Crippen LogP contribution < -0.4 is 10.6 Å². The van der Waals surface area contributed by atoms with Gasteiger partial charge in [0.2, 0.25) is 5.91 Å². The first-order chi connectivity index (χ1) is 12.6. The lowest BCUT2D eigenvalue weighted by atomic mass is 10.1. The average molecular weight is 351 g/mol. The van der Waals surface area contributed by atoms with Gasteiger partial charge in [-0.25, -0.2) is 4.79 Å². The second kappa shape index (κ2) is 7.82. The minimum Gasteiger partial charge on any atom is -0.325 e. The van der Waals surface area contributed by atoms with E-state index in [9.17, 15) is 14.4 Å². The Balaban J connectivity index is 1.63. The van der Waals surface area contributed by atoms with E-state index in [1.165, 1.54) is 0 Å². The molecule has 1 saturated heterocycles. The number of carbonyl (C=O) groups excluding carboxylic acids is 3. The van der Waals surface area contributed by atoms with Gasteiger partial charge in [-0.15, -0.1) is 0 Å². The lowest BCUT2D eigenvalue weighted by molar-refractivity contribution is -0.130. The van der Waals surface area contributed by atoms with Crippen molar-refractivity contribution in [3.63, 3.8) is 0 Å². The van der Waals surface area contributed by atoms with Crippen LogP contribution >= 0.6 is 0 Å². The second-order valence-electron chi connectivity index (χ2n) is 6.18. The largest absolute Gasteiger partial charge is 0.325 e. The first kappa shape index (κ1) is 17.7. The Hall–Kier alpha value is -3.15. The number of rotatable bonds is 6. The molecular weight excluding hydrogens is 330 g/mol. The molecule has 2 N–H and O–H groups in total. The molecule has 6 heteroatoms. The smallest absolute Gasteiger partial charge is 0.325 e. The van der Waals surface area contributed by atoms with E-state index in [-0.39, 0.29) is 12.5 Å². The molecule has 0 aromatic heterocycles. The normalized spacial score (nSPS) is 16.5. The third-order valence-electron chi connectivity index (χ3n) is 4.36. The molecule has 2 aromatic carbocycles. The van der Waals surface area contributed by atoms with E-state index in [0.29, 0.717) is 12.1 Å². The highest BCUT2D eigenvalue weighted by atomic mass is 16.2. The van der Waals surface area contributed by atoms with Gasteiger partial charge in [-0.2, -0.15) is 0 Å². The minimum atomic E-state index is -0.638. The molecular formula is C20H21N3O3. The molecule has 0 aliphatic carbocycles. The lowest BCUT2D eigenvalue weighted by Gasteiger charge is -2.14. The molecule has 1 heterocycles. The summed E-state index contributed by atoms with van der Waals surface area (Å²) in [7, 11) is 0. The van der Waals surface area contributed by atoms with E-state index in [0.717, 1.165) is 22.4 Å². The maximum atomic E-state index is 12.5. The molecule has 6 nitrogen and oxygen atoms in total. The van der Waals surface area contributed by atoms with Crippen molar-refractivity contribution < 1.29 is 14.4 Å². The first-order valence-electron chi connectivity index (χ1n) is 8.62. The highest BCUT2D eigenvalue weighted by molar-refractivity contribution is 6.08. The molecule has 0 unspecified atom stereocenters. The van der Waals surface area contributed by atoms with Crippen LogP contribution in [0.25, 0.3) is 0 Å². The summed E-state index contributed by atoms with van der Waals surface area (Å²) < 4.78 is 0. The van der Waals surface area contributed by atoms with Crippen LogP contribution in [0.15, 0.2) is 54.6 Å². The molecule has 0 radical (unpaired) electrons. The Bertz CT molecular complexity index is 820. The van der Waals surface area contributed by atoms with Crippen molar-refractivity contribution in [2.75, 3.05) is 11.9 Å². The highest BCUT2D eigenvalue weighted by Gasteiger charge is 2.38. The Labute approximate surface area is 152 Å². The van der Waals surface area contributed by atoms with E-state index >= 15 is 0 Å². The number of hydrogen-bond acceptors (Lipinski definition) is 3. The number of para-hydroxylation sites is 1. The number of nitrogens with zero attached hydrogens (tertiary/aromatic N) is 1. The summed E-state index contributed by atoms with van der Waals surface area (Å²) in [6, 6.07) is 15.8. The summed E-state index contributed by atoms with van der Waals surface area (Å²) in [5, 5.41) is 5.43. The van der Waals surface area contributed by atoms with Crippen molar-refractivity contribution in [3.8, 4) is 0 Å². The van der Waals surface area contributed by atoms with Gasteiger partial charge >= 0.3 is 6.03 Å². The van der Waals surface area contributed by atoms with Crippen molar-refractivity contribution in [3.05, 3.63) is 65.7 Å². The maximum absolute atomic E-state index is 12.5. The zero-order valence-corrected chi connectivity index (χ0v) is 14.6. The molecule has 4 amide bonds. The van der Waals surface area contributed by atoms with Crippen LogP contribution in [-0.4, -0.2) is 35.3 Å². The zero-order valence-electron chi connectivity index (χ0n) is 14.6. The molecule has 1 aliphatic heterocycles. The number of anilines is 1. The standard InChI is InChI=1S/C20H21N3O3/c1-2-15-10-6-7-11-16(15)21-18(24)13-23-19(25)17(22-20(23)26)12-14-8-4-3-5-9-14/h3-11,17H,2,12-13H2,1H3,(H,21,24)(H,22,26)/t17-/m1/s1. The van der Waals surface area contributed by atoms with Gasteiger partial charge in [-0.05, 0) is 23.6 Å². The van der Waals surface area contributed by atoms with E-state index in [4.69, 9.17) is 0 Å². The van der Waals surface area contributed by atoms with Crippen LogP contribution in [0, 0.1) is 0 Å².